The Labute approximate surface area is 168 Å². The van der Waals surface area contributed by atoms with Crippen molar-refractivity contribution >= 4 is 11.8 Å². The van der Waals surface area contributed by atoms with Gasteiger partial charge in [0.2, 0.25) is 0 Å². The molecule has 0 bridgehead atoms. The van der Waals surface area contributed by atoms with Crippen molar-refractivity contribution in [2.24, 2.45) is 5.92 Å². The molecular weight excluding hydrogens is 348 g/mol. The summed E-state index contributed by atoms with van der Waals surface area (Å²) in [6, 6.07) is 17.2. The minimum absolute atomic E-state index is 0.0284. The fourth-order valence-corrected chi connectivity index (χ4v) is 3.61. The lowest BCUT2D eigenvalue weighted by Gasteiger charge is -2.30. The van der Waals surface area contributed by atoms with Gasteiger partial charge in [0.15, 0.2) is 0 Å². The topological polar surface area (TPSA) is 40.6 Å². The van der Waals surface area contributed by atoms with Crippen LogP contribution < -0.4 is 0 Å². The smallest absolute Gasteiger partial charge is 0.254 e. The molecule has 0 atom stereocenters. The Kier molecular flexibility index (Phi) is 6.50. The second-order valence-electron chi connectivity index (χ2n) is 8.07. The molecule has 1 saturated heterocycles. The Balaban J connectivity index is 1.77. The van der Waals surface area contributed by atoms with Gasteiger partial charge < -0.3 is 9.80 Å². The van der Waals surface area contributed by atoms with Crippen LogP contribution in [-0.2, 0) is 6.54 Å². The van der Waals surface area contributed by atoms with Crippen LogP contribution in [0.15, 0.2) is 54.6 Å². The molecule has 0 saturated carbocycles. The Bertz CT molecular complexity index is 808. The summed E-state index contributed by atoms with van der Waals surface area (Å²) < 4.78 is 0. The first-order valence-corrected chi connectivity index (χ1v) is 10.2. The second kappa shape index (κ2) is 9.05. The zero-order chi connectivity index (χ0) is 20.1. The molecule has 2 amide bonds. The first-order valence-electron chi connectivity index (χ1n) is 10.2. The normalized spacial score (nSPS) is 14.9. The number of benzene rings is 2. The van der Waals surface area contributed by atoms with E-state index in [4.69, 9.17) is 0 Å². The van der Waals surface area contributed by atoms with Gasteiger partial charge in [-0.1, -0.05) is 43.3 Å². The van der Waals surface area contributed by atoms with Crippen molar-refractivity contribution in [3.8, 4) is 0 Å². The third-order valence-electron chi connectivity index (χ3n) is 5.51. The van der Waals surface area contributed by atoms with Crippen LogP contribution in [0.3, 0.4) is 0 Å². The first-order chi connectivity index (χ1) is 13.5. The average Bonchev–Trinajstić information content (AvgIpc) is 2.72. The summed E-state index contributed by atoms with van der Waals surface area (Å²) in [7, 11) is 0. The third-order valence-corrected chi connectivity index (χ3v) is 5.51. The molecule has 1 aliphatic rings. The quantitative estimate of drug-likeness (QED) is 0.762. The molecule has 1 heterocycles. The predicted octanol–water partition coefficient (Wildman–Crippen LogP) is 4.61. The van der Waals surface area contributed by atoms with E-state index in [1.54, 1.807) is 12.1 Å². The van der Waals surface area contributed by atoms with Crippen molar-refractivity contribution in [3.63, 3.8) is 0 Å². The first kappa shape index (κ1) is 20.1. The van der Waals surface area contributed by atoms with E-state index in [0.29, 0.717) is 23.6 Å². The van der Waals surface area contributed by atoms with Gasteiger partial charge in [0.25, 0.3) is 11.8 Å². The molecule has 0 spiro atoms. The lowest BCUT2D eigenvalue weighted by atomic mass is 9.98. The summed E-state index contributed by atoms with van der Waals surface area (Å²) in [4.78, 5) is 29.8. The summed E-state index contributed by atoms with van der Waals surface area (Å²) in [5.41, 5.74) is 2.27. The molecule has 3 rings (SSSR count). The van der Waals surface area contributed by atoms with E-state index < -0.39 is 0 Å². The molecule has 2 aromatic carbocycles. The SMILES string of the molecule is CC1CCN(C(=O)c2cccc(C(=O)N(Cc3ccccc3)C(C)C)c2)CC1. The molecule has 1 aliphatic heterocycles. The molecule has 0 aliphatic carbocycles. The van der Waals surface area contributed by atoms with Crippen LogP contribution in [0.2, 0.25) is 0 Å². The third kappa shape index (κ3) is 4.80. The number of hydrogen-bond donors (Lipinski definition) is 0. The highest BCUT2D eigenvalue weighted by molar-refractivity contribution is 5.99. The summed E-state index contributed by atoms with van der Waals surface area (Å²) in [6.45, 7) is 8.41. The summed E-state index contributed by atoms with van der Waals surface area (Å²) >= 11 is 0. The highest BCUT2D eigenvalue weighted by Crippen LogP contribution is 2.20. The van der Waals surface area contributed by atoms with E-state index in [2.05, 4.69) is 6.92 Å². The minimum atomic E-state index is -0.0410. The molecule has 1 fully saturated rings. The summed E-state index contributed by atoms with van der Waals surface area (Å²) in [6.07, 6.45) is 2.09. The number of carbonyl (C=O) groups is 2. The van der Waals surface area contributed by atoms with Crippen LogP contribution in [0.5, 0.6) is 0 Å². The van der Waals surface area contributed by atoms with E-state index in [0.717, 1.165) is 31.5 Å². The molecular formula is C24H30N2O2. The van der Waals surface area contributed by atoms with Gasteiger partial charge in [-0.3, -0.25) is 9.59 Å². The average molecular weight is 379 g/mol. The van der Waals surface area contributed by atoms with E-state index in [1.165, 1.54) is 0 Å². The van der Waals surface area contributed by atoms with Gasteiger partial charge in [0.05, 0.1) is 0 Å². The fraction of sp³-hybridized carbons (Fsp3) is 0.417. The number of rotatable bonds is 5. The zero-order valence-corrected chi connectivity index (χ0v) is 17.1. The Morgan fingerprint density at radius 1 is 1.00 bits per heavy atom. The lowest BCUT2D eigenvalue weighted by molar-refractivity contribution is 0.0690. The van der Waals surface area contributed by atoms with Crippen LogP contribution in [0.25, 0.3) is 0 Å². The second-order valence-corrected chi connectivity index (χ2v) is 8.07. The van der Waals surface area contributed by atoms with Gasteiger partial charge in [-0.25, -0.2) is 0 Å². The van der Waals surface area contributed by atoms with Crippen molar-refractivity contribution in [1.29, 1.82) is 0 Å². The highest BCUT2D eigenvalue weighted by Gasteiger charge is 2.24. The minimum Gasteiger partial charge on any atom is -0.339 e. The van der Waals surface area contributed by atoms with Gasteiger partial charge in [-0.05, 0) is 56.4 Å². The summed E-state index contributed by atoms with van der Waals surface area (Å²) in [5.74, 6) is 0.663. The van der Waals surface area contributed by atoms with E-state index in [9.17, 15) is 9.59 Å². The molecule has 0 radical (unpaired) electrons. The number of amides is 2. The van der Waals surface area contributed by atoms with E-state index >= 15 is 0 Å². The molecule has 4 nitrogen and oxygen atoms in total. The molecule has 0 aromatic heterocycles. The highest BCUT2D eigenvalue weighted by atomic mass is 16.2. The van der Waals surface area contributed by atoms with Crippen LogP contribution in [0.4, 0.5) is 0 Å². The standard InChI is InChI=1S/C24H30N2O2/c1-18(2)26(17-20-8-5-4-6-9-20)24(28)22-11-7-10-21(16-22)23(27)25-14-12-19(3)13-15-25/h4-11,16,18-19H,12-15,17H2,1-3H3. The monoisotopic (exact) mass is 378 g/mol. The van der Waals surface area contributed by atoms with Crippen molar-refractivity contribution in [2.75, 3.05) is 13.1 Å². The van der Waals surface area contributed by atoms with Gasteiger partial charge in [-0.2, -0.15) is 0 Å². The van der Waals surface area contributed by atoms with Gasteiger partial charge in [-0.15, -0.1) is 0 Å². The Morgan fingerprint density at radius 2 is 1.64 bits per heavy atom. The van der Waals surface area contributed by atoms with Gasteiger partial charge >= 0.3 is 0 Å². The van der Waals surface area contributed by atoms with E-state index in [1.807, 2.05) is 66.1 Å². The van der Waals surface area contributed by atoms with Crippen LogP contribution in [0.1, 0.15) is 59.9 Å². The maximum Gasteiger partial charge on any atom is 0.254 e. The molecule has 4 heteroatoms. The number of hydrogen-bond acceptors (Lipinski definition) is 2. The number of nitrogens with zero attached hydrogens (tertiary/aromatic N) is 2. The molecule has 0 N–H and O–H groups in total. The van der Waals surface area contributed by atoms with Crippen molar-refractivity contribution < 1.29 is 9.59 Å². The largest absolute Gasteiger partial charge is 0.339 e. The Hall–Kier alpha value is -2.62. The number of piperidine rings is 1. The van der Waals surface area contributed by atoms with Crippen LogP contribution in [-0.4, -0.2) is 40.7 Å². The maximum absolute atomic E-state index is 13.2. The van der Waals surface area contributed by atoms with Crippen molar-refractivity contribution in [1.82, 2.24) is 9.80 Å². The predicted molar refractivity (Wildman–Crippen MR) is 112 cm³/mol. The van der Waals surface area contributed by atoms with Gasteiger partial charge in [0, 0.05) is 36.8 Å². The molecule has 0 unspecified atom stereocenters. The molecule has 28 heavy (non-hydrogen) atoms. The number of carbonyl (C=O) groups excluding carboxylic acids is 2. The molecule has 2 aromatic rings. The van der Waals surface area contributed by atoms with Crippen LogP contribution >= 0.6 is 0 Å². The van der Waals surface area contributed by atoms with Crippen LogP contribution in [0, 0.1) is 5.92 Å². The van der Waals surface area contributed by atoms with Crippen molar-refractivity contribution in [2.45, 2.75) is 46.2 Å². The van der Waals surface area contributed by atoms with Gasteiger partial charge in [0.1, 0.15) is 0 Å². The van der Waals surface area contributed by atoms with Crippen molar-refractivity contribution in [3.05, 3.63) is 71.3 Å². The lowest BCUT2D eigenvalue weighted by Crippen LogP contribution is -2.38. The zero-order valence-electron chi connectivity index (χ0n) is 17.1. The fourth-order valence-electron chi connectivity index (χ4n) is 3.61. The summed E-state index contributed by atoms with van der Waals surface area (Å²) in [5, 5.41) is 0. The Morgan fingerprint density at radius 3 is 2.29 bits per heavy atom. The van der Waals surface area contributed by atoms with E-state index in [-0.39, 0.29) is 17.9 Å². The molecule has 148 valence electrons. The maximum atomic E-state index is 13.2. The number of likely N-dealkylation sites (tertiary alicyclic amines) is 1.